The molecular weight excluding hydrogens is 504 g/mol. The van der Waals surface area contributed by atoms with Crippen LogP contribution in [0.5, 0.6) is 0 Å². The highest BCUT2D eigenvalue weighted by Crippen LogP contribution is 2.31. The molecule has 0 saturated heterocycles. The molecular formula is C10H20Br4O4. The Labute approximate surface area is 142 Å². The van der Waals surface area contributed by atoms with Gasteiger partial charge in [0.05, 0.1) is 13.2 Å². The Hall–Kier alpha value is 1.76. The third kappa shape index (κ3) is 7.52. The predicted molar refractivity (Wildman–Crippen MR) is 87.8 cm³/mol. The highest BCUT2D eigenvalue weighted by molar-refractivity contribution is 9.10. The van der Waals surface area contributed by atoms with Gasteiger partial charge in [-0.1, -0.05) is 77.6 Å². The van der Waals surface area contributed by atoms with Crippen LogP contribution in [0.4, 0.5) is 0 Å². The van der Waals surface area contributed by atoms with Crippen LogP contribution in [0.1, 0.15) is 13.8 Å². The Bertz CT molecular complexity index is 181. The number of alkyl halides is 4. The van der Waals surface area contributed by atoms with Gasteiger partial charge in [0.1, 0.15) is 10.0 Å². The first kappa shape index (κ1) is 22.0. The number of aliphatic hydroxyl groups is 4. The summed E-state index contributed by atoms with van der Waals surface area (Å²) in [5.41, 5.74) is -0.944. The molecule has 0 fully saturated rings. The van der Waals surface area contributed by atoms with E-state index in [1.807, 2.05) is 0 Å². The highest BCUT2D eigenvalue weighted by atomic mass is 79.9. The standard InChI is InChI=1S/2C5H10Br2O2/c1-5(2,3(6)8)4(7)9;6-1-5(2-7,3-8)4-9/h3-4,8-9H,1-2H3;8-9H,1-4H2. The molecule has 18 heavy (non-hydrogen) atoms. The second kappa shape index (κ2) is 10.5. The van der Waals surface area contributed by atoms with Gasteiger partial charge < -0.3 is 20.4 Å². The lowest BCUT2D eigenvalue weighted by Crippen LogP contribution is -2.33. The molecule has 2 atom stereocenters. The van der Waals surface area contributed by atoms with Crippen LogP contribution >= 0.6 is 63.7 Å². The summed E-state index contributed by atoms with van der Waals surface area (Å²) in [5, 5.41) is 35.3. The third-order valence-corrected chi connectivity index (χ3v) is 7.20. The average Bonchev–Trinajstić information content (AvgIpc) is 2.33. The second-order valence-corrected chi connectivity index (χ2v) is 7.43. The minimum absolute atomic E-state index is 0. The van der Waals surface area contributed by atoms with Crippen LogP contribution in [0, 0.1) is 10.8 Å². The SMILES string of the molecule is CC(C)(C(O)Br)C(O)Br.OCC(CO)(CBr)CBr. The van der Waals surface area contributed by atoms with Crippen LogP contribution in [-0.4, -0.2) is 54.3 Å². The maximum absolute atomic E-state index is 8.98. The first-order valence-corrected chi connectivity index (χ1v) is 9.19. The molecule has 0 aliphatic heterocycles. The zero-order chi connectivity index (χ0) is 15.0. The van der Waals surface area contributed by atoms with Gasteiger partial charge in [-0.05, 0) is 0 Å². The average molecular weight is 524 g/mol. The molecule has 8 heteroatoms. The lowest BCUT2D eigenvalue weighted by Gasteiger charge is -2.28. The topological polar surface area (TPSA) is 80.9 Å². The second-order valence-electron chi connectivity index (χ2n) is 4.58. The summed E-state index contributed by atoms with van der Waals surface area (Å²) in [6.45, 7) is 3.48. The van der Waals surface area contributed by atoms with Crippen LogP contribution in [0.15, 0.2) is 0 Å². The minimum atomic E-state index is -0.695. The molecule has 0 aliphatic rings. The Kier molecular flexibility index (Phi) is 12.8. The van der Waals surface area contributed by atoms with Crippen LogP contribution in [0.25, 0.3) is 0 Å². The predicted octanol–water partition coefficient (Wildman–Crippen LogP) is 2.19. The number of hydrogen-bond donors (Lipinski definition) is 4. The fourth-order valence-corrected chi connectivity index (χ4v) is 2.86. The third-order valence-electron chi connectivity index (χ3n) is 2.47. The number of halogens is 4. The Balaban J connectivity index is 0. The van der Waals surface area contributed by atoms with Crippen molar-refractivity contribution in [3.8, 4) is 0 Å². The molecule has 0 aromatic heterocycles. The van der Waals surface area contributed by atoms with Gasteiger partial charge in [-0.25, -0.2) is 0 Å². The van der Waals surface area contributed by atoms with Gasteiger partial charge in [0.2, 0.25) is 0 Å². The minimum Gasteiger partial charge on any atom is -0.396 e. The zero-order valence-electron chi connectivity index (χ0n) is 10.3. The van der Waals surface area contributed by atoms with E-state index in [0.29, 0.717) is 10.7 Å². The van der Waals surface area contributed by atoms with Crippen molar-refractivity contribution in [2.45, 2.75) is 23.9 Å². The van der Waals surface area contributed by atoms with E-state index in [9.17, 15) is 0 Å². The molecule has 4 N–H and O–H groups in total. The number of hydrogen-bond acceptors (Lipinski definition) is 4. The van der Waals surface area contributed by atoms with Crippen molar-refractivity contribution in [3.05, 3.63) is 0 Å². The quantitative estimate of drug-likeness (QED) is 0.403. The first-order valence-electron chi connectivity index (χ1n) is 5.11. The summed E-state index contributed by atoms with van der Waals surface area (Å²) < 4.78 is 0. The first-order chi connectivity index (χ1) is 8.13. The molecule has 2 unspecified atom stereocenters. The highest BCUT2D eigenvalue weighted by Gasteiger charge is 2.32. The molecule has 0 aromatic rings. The van der Waals surface area contributed by atoms with Gasteiger partial charge in [-0.3, -0.25) is 0 Å². The lowest BCUT2D eigenvalue weighted by molar-refractivity contribution is 0.0510. The normalized spacial score (nSPS) is 15.7. The molecule has 0 saturated carbocycles. The summed E-state index contributed by atoms with van der Waals surface area (Å²) >= 11 is 12.3. The van der Waals surface area contributed by atoms with Gasteiger partial charge in [-0.15, -0.1) is 0 Å². The van der Waals surface area contributed by atoms with Gasteiger partial charge in [-0.2, -0.15) is 0 Å². The molecule has 0 spiro atoms. The fourth-order valence-electron chi connectivity index (χ4n) is 0.368. The zero-order valence-corrected chi connectivity index (χ0v) is 16.6. The summed E-state index contributed by atoms with van der Waals surface area (Å²) in [5.74, 6) is 0. The molecule has 112 valence electrons. The summed E-state index contributed by atoms with van der Waals surface area (Å²) in [7, 11) is 0. The maximum atomic E-state index is 8.98. The van der Waals surface area contributed by atoms with Crippen LogP contribution < -0.4 is 0 Å². The van der Waals surface area contributed by atoms with E-state index in [1.165, 1.54) is 0 Å². The van der Waals surface area contributed by atoms with E-state index in [-0.39, 0.29) is 18.6 Å². The largest absolute Gasteiger partial charge is 0.396 e. The van der Waals surface area contributed by atoms with Gasteiger partial charge in [0, 0.05) is 21.5 Å². The molecule has 0 rings (SSSR count). The smallest absolute Gasteiger partial charge is 0.117 e. The molecule has 0 aliphatic carbocycles. The summed E-state index contributed by atoms with van der Waals surface area (Å²) in [4.78, 5) is 0. The van der Waals surface area contributed by atoms with Crippen LogP contribution in [0.2, 0.25) is 0 Å². The molecule has 4 nitrogen and oxygen atoms in total. The van der Waals surface area contributed by atoms with E-state index in [0.717, 1.165) is 0 Å². The van der Waals surface area contributed by atoms with Crippen molar-refractivity contribution in [3.63, 3.8) is 0 Å². The Morgan fingerprint density at radius 3 is 1.17 bits per heavy atom. The number of aliphatic hydroxyl groups excluding tert-OH is 4. The molecule has 0 bridgehead atoms. The van der Waals surface area contributed by atoms with Crippen molar-refractivity contribution >= 4 is 63.7 Å². The van der Waals surface area contributed by atoms with Crippen molar-refractivity contribution in [1.29, 1.82) is 0 Å². The van der Waals surface area contributed by atoms with E-state index in [1.54, 1.807) is 13.8 Å². The van der Waals surface area contributed by atoms with E-state index in [4.69, 9.17) is 20.4 Å². The van der Waals surface area contributed by atoms with E-state index < -0.39 is 15.4 Å². The van der Waals surface area contributed by atoms with Crippen LogP contribution in [-0.2, 0) is 0 Å². The summed E-state index contributed by atoms with van der Waals surface area (Å²) in [6.07, 6.45) is 0. The molecule has 0 radical (unpaired) electrons. The Morgan fingerprint density at radius 1 is 0.889 bits per heavy atom. The molecule has 0 amide bonds. The number of rotatable bonds is 6. The summed E-state index contributed by atoms with van der Waals surface area (Å²) in [6, 6.07) is 0. The Morgan fingerprint density at radius 2 is 1.17 bits per heavy atom. The molecule has 0 heterocycles. The van der Waals surface area contributed by atoms with Gasteiger partial charge in [0.25, 0.3) is 0 Å². The van der Waals surface area contributed by atoms with Crippen molar-refractivity contribution < 1.29 is 20.4 Å². The van der Waals surface area contributed by atoms with Gasteiger partial charge >= 0.3 is 0 Å². The lowest BCUT2D eigenvalue weighted by atomic mass is 9.96. The molecule has 0 aromatic carbocycles. The van der Waals surface area contributed by atoms with E-state index in [2.05, 4.69) is 63.7 Å². The van der Waals surface area contributed by atoms with Gasteiger partial charge in [0.15, 0.2) is 0 Å². The van der Waals surface area contributed by atoms with Crippen molar-refractivity contribution in [2.24, 2.45) is 10.8 Å². The monoisotopic (exact) mass is 520 g/mol. The van der Waals surface area contributed by atoms with Crippen molar-refractivity contribution in [2.75, 3.05) is 23.9 Å². The van der Waals surface area contributed by atoms with Crippen LogP contribution in [0.3, 0.4) is 0 Å². The van der Waals surface area contributed by atoms with E-state index >= 15 is 0 Å². The fraction of sp³-hybridized carbons (Fsp3) is 1.00. The van der Waals surface area contributed by atoms with Crippen molar-refractivity contribution in [1.82, 2.24) is 0 Å². The maximum Gasteiger partial charge on any atom is 0.117 e.